The molecule has 2 N–H and O–H groups in total. The Balaban J connectivity index is 2.01. The molecule has 1 heterocycles. The van der Waals surface area contributed by atoms with Gasteiger partial charge in [-0.15, -0.1) is 0 Å². The highest BCUT2D eigenvalue weighted by Gasteiger charge is 2.27. The predicted molar refractivity (Wildman–Crippen MR) is 96.1 cm³/mol. The number of carbonyl (C=O) groups excluding carboxylic acids is 2. The number of hydrogen-bond donors (Lipinski definition) is 2. The maximum Gasteiger partial charge on any atom is 0.253 e. The van der Waals surface area contributed by atoms with Gasteiger partial charge >= 0.3 is 0 Å². The number of amides is 2. The van der Waals surface area contributed by atoms with E-state index in [0.29, 0.717) is 31.6 Å². The number of unbranched alkanes of at least 4 members (excludes halogenated alkanes) is 1. The lowest BCUT2D eigenvalue weighted by atomic mass is 10.1. The summed E-state index contributed by atoms with van der Waals surface area (Å²) in [6.45, 7) is 1.13. The lowest BCUT2D eigenvalue weighted by Crippen LogP contribution is -2.44. The molecule has 0 aromatic heterocycles. The zero-order valence-corrected chi connectivity index (χ0v) is 15.1. The van der Waals surface area contributed by atoms with Crippen LogP contribution < -0.4 is 15.0 Å². The second kappa shape index (κ2) is 8.71. The molecule has 0 saturated carbocycles. The Morgan fingerprint density at radius 2 is 2.12 bits per heavy atom. The van der Waals surface area contributed by atoms with Crippen LogP contribution in [0.5, 0.6) is 5.75 Å². The molecule has 7 heteroatoms. The van der Waals surface area contributed by atoms with Crippen LogP contribution in [0.15, 0.2) is 18.2 Å². The van der Waals surface area contributed by atoms with Crippen molar-refractivity contribution in [3.63, 3.8) is 0 Å². The van der Waals surface area contributed by atoms with Crippen molar-refractivity contribution in [1.82, 2.24) is 10.2 Å². The summed E-state index contributed by atoms with van der Waals surface area (Å²) in [5.74, 6) is 0.611. The third-order valence-electron chi connectivity index (χ3n) is 4.30. The monoisotopic (exact) mass is 349 g/mol. The molecule has 2 amide bonds. The van der Waals surface area contributed by atoms with E-state index in [9.17, 15) is 9.59 Å². The average Bonchev–Trinajstić information content (AvgIpc) is 2.60. The van der Waals surface area contributed by atoms with Crippen LogP contribution in [0.1, 0.15) is 29.6 Å². The fourth-order valence-electron chi connectivity index (χ4n) is 2.75. The quantitative estimate of drug-likeness (QED) is 0.714. The second-order valence-corrected chi connectivity index (χ2v) is 6.44. The van der Waals surface area contributed by atoms with E-state index in [1.54, 1.807) is 26.2 Å². The Morgan fingerprint density at radius 1 is 1.36 bits per heavy atom. The lowest BCUT2D eigenvalue weighted by molar-refractivity contribution is -0.121. The summed E-state index contributed by atoms with van der Waals surface area (Å²) in [6, 6.07) is 5.27. The number of nitrogens with one attached hydrogen (secondary N) is 1. The molecule has 0 radical (unpaired) electrons. The maximum absolute atomic E-state index is 12.2. The number of ether oxygens (including phenoxy) is 1. The zero-order valence-electron chi connectivity index (χ0n) is 15.1. The molecule has 0 saturated heterocycles. The molecule has 0 spiro atoms. The fraction of sp³-hybridized carbons (Fsp3) is 0.556. The van der Waals surface area contributed by atoms with E-state index in [4.69, 9.17) is 9.84 Å². The molecule has 1 unspecified atom stereocenters. The van der Waals surface area contributed by atoms with Crippen LogP contribution in [0.25, 0.3) is 0 Å². The molecule has 1 atom stereocenters. The first kappa shape index (κ1) is 19.1. The van der Waals surface area contributed by atoms with Crippen molar-refractivity contribution >= 4 is 17.5 Å². The molecule has 1 aliphatic heterocycles. The Bertz CT molecular complexity index is 618. The van der Waals surface area contributed by atoms with E-state index in [2.05, 4.69) is 5.32 Å². The van der Waals surface area contributed by atoms with Gasteiger partial charge in [0.05, 0.1) is 18.2 Å². The second-order valence-electron chi connectivity index (χ2n) is 6.44. The van der Waals surface area contributed by atoms with E-state index < -0.39 is 0 Å². The summed E-state index contributed by atoms with van der Waals surface area (Å²) < 4.78 is 5.77. The molecule has 1 aromatic carbocycles. The highest BCUT2D eigenvalue weighted by atomic mass is 16.5. The molecule has 138 valence electrons. The predicted octanol–water partition coefficient (Wildman–Crippen LogP) is 0.864. The van der Waals surface area contributed by atoms with Gasteiger partial charge in [0.2, 0.25) is 5.91 Å². The van der Waals surface area contributed by atoms with Gasteiger partial charge in [-0.2, -0.15) is 0 Å². The van der Waals surface area contributed by atoms with E-state index in [1.165, 1.54) is 4.90 Å². The molecule has 0 bridgehead atoms. The van der Waals surface area contributed by atoms with Gasteiger partial charge in [0.25, 0.3) is 5.91 Å². The minimum Gasteiger partial charge on any atom is -0.489 e. The van der Waals surface area contributed by atoms with Crippen LogP contribution in [0, 0.1) is 0 Å². The lowest BCUT2D eigenvalue weighted by Gasteiger charge is -2.35. The SMILES string of the molecule is CN(C)C(=O)c1ccc2c(c1)N(C)C(CC(=O)NCCCCO)CO2. The molecular formula is C18H27N3O4. The van der Waals surface area contributed by atoms with Crippen LogP contribution in [0.2, 0.25) is 0 Å². The van der Waals surface area contributed by atoms with Crippen molar-refractivity contribution in [2.75, 3.05) is 45.8 Å². The van der Waals surface area contributed by atoms with Crippen molar-refractivity contribution in [2.24, 2.45) is 0 Å². The number of rotatable bonds is 7. The van der Waals surface area contributed by atoms with Crippen molar-refractivity contribution in [3.05, 3.63) is 23.8 Å². The van der Waals surface area contributed by atoms with Gasteiger partial charge in [0.1, 0.15) is 12.4 Å². The minimum absolute atomic E-state index is 0.0395. The first-order valence-electron chi connectivity index (χ1n) is 8.53. The maximum atomic E-state index is 12.2. The van der Waals surface area contributed by atoms with Gasteiger partial charge in [-0.1, -0.05) is 0 Å². The Morgan fingerprint density at radius 3 is 2.80 bits per heavy atom. The highest BCUT2D eigenvalue weighted by Crippen LogP contribution is 2.34. The van der Waals surface area contributed by atoms with Gasteiger partial charge in [0.15, 0.2) is 0 Å². The molecule has 1 aromatic rings. The largest absolute Gasteiger partial charge is 0.489 e. The van der Waals surface area contributed by atoms with Crippen molar-refractivity contribution in [1.29, 1.82) is 0 Å². The number of nitrogens with zero attached hydrogens (tertiary/aromatic N) is 2. The number of fused-ring (bicyclic) bond motifs is 1. The van der Waals surface area contributed by atoms with Crippen molar-refractivity contribution in [2.45, 2.75) is 25.3 Å². The van der Waals surface area contributed by atoms with Gasteiger partial charge in [0, 0.05) is 39.9 Å². The summed E-state index contributed by atoms with van der Waals surface area (Å²) in [4.78, 5) is 27.8. The number of aliphatic hydroxyl groups is 1. The van der Waals surface area contributed by atoms with Gasteiger partial charge < -0.3 is 25.0 Å². The molecule has 1 aliphatic rings. The number of hydrogen-bond acceptors (Lipinski definition) is 5. The molecule has 2 rings (SSSR count). The molecule has 0 aliphatic carbocycles. The fourth-order valence-corrected chi connectivity index (χ4v) is 2.75. The topological polar surface area (TPSA) is 82.1 Å². The number of aliphatic hydroxyl groups excluding tert-OH is 1. The first-order chi connectivity index (χ1) is 11.9. The Kier molecular flexibility index (Phi) is 6.64. The summed E-state index contributed by atoms with van der Waals surface area (Å²) in [6.07, 6.45) is 1.77. The molecule has 7 nitrogen and oxygen atoms in total. The Hall–Kier alpha value is -2.28. The van der Waals surface area contributed by atoms with Crippen molar-refractivity contribution in [3.8, 4) is 5.75 Å². The van der Waals surface area contributed by atoms with Crippen molar-refractivity contribution < 1.29 is 19.4 Å². The van der Waals surface area contributed by atoms with Crippen LogP contribution in [-0.4, -0.2) is 68.8 Å². The molecule has 0 fully saturated rings. The molecular weight excluding hydrogens is 322 g/mol. The van der Waals surface area contributed by atoms with Gasteiger partial charge in [-0.05, 0) is 31.0 Å². The van der Waals surface area contributed by atoms with E-state index in [-0.39, 0.29) is 24.5 Å². The minimum atomic E-state index is -0.0879. The average molecular weight is 349 g/mol. The smallest absolute Gasteiger partial charge is 0.253 e. The summed E-state index contributed by atoms with van der Waals surface area (Å²) >= 11 is 0. The molecule has 25 heavy (non-hydrogen) atoms. The highest BCUT2D eigenvalue weighted by molar-refractivity contribution is 5.95. The normalized spacial score (nSPS) is 16.0. The Labute approximate surface area is 148 Å². The standard InChI is InChI=1S/C18H27N3O4/c1-20(2)18(24)13-6-7-16-15(10-13)21(3)14(12-25-16)11-17(23)19-8-4-5-9-22/h6-7,10,14,22H,4-5,8-9,11-12H2,1-3H3,(H,19,23). The summed E-state index contributed by atoms with van der Waals surface area (Å²) in [7, 11) is 5.34. The van der Waals surface area contributed by atoms with E-state index in [1.807, 2.05) is 18.0 Å². The first-order valence-corrected chi connectivity index (χ1v) is 8.53. The number of anilines is 1. The van der Waals surface area contributed by atoms with Gasteiger partial charge in [-0.3, -0.25) is 9.59 Å². The third-order valence-corrected chi connectivity index (χ3v) is 4.30. The van der Waals surface area contributed by atoms with Crippen LogP contribution in [0.4, 0.5) is 5.69 Å². The number of likely N-dealkylation sites (N-methyl/N-ethyl adjacent to an activating group) is 1. The third kappa shape index (κ3) is 4.85. The number of benzene rings is 1. The van der Waals surface area contributed by atoms with E-state index in [0.717, 1.165) is 17.9 Å². The van der Waals surface area contributed by atoms with Crippen LogP contribution in [-0.2, 0) is 4.79 Å². The zero-order chi connectivity index (χ0) is 18.4. The van der Waals surface area contributed by atoms with Gasteiger partial charge in [-0.25, -0.2) is 0 Å². The van der Waals surface area contributed by atoms with E-state index >= 15 is 0 Å². The van der Waals surface area contributed by atoms with Crippen LogP contribution >= 0.6 is 0 Å². The summed E-state index contributed by atoms with van der Waals surface area (Å²) in [5.41, 5.74) is 1.41. The summed E-state index contributed by atoms with van der Waals surface area (Å²) in [5, 5.41) is 11.6. The van der Waals surface area contributed by atoms with Crippen LogP contribution in [0.3, 0.4) is 0 Å². The number of carbonyl (C=O) groups is 2.